The van der Waals surface area contributed by atoms with Gasteiger partial charge in [-0.25, -0.2) is 0 Å². The summed E-state index contributed by atoms with van der Waals surface area (Å²) >= 11 is 0. The predicted octanol–water partition coefficient (Wildman–Crippen LogP) is 2.06. The summed E-state index contributed by atoms with van der Waals surface area (Å²) in [6.45, 7) is 0. The molecule has 80 valence electrons. The van der Waals surface area contributed by atoms with E-state index in [0.29, 0.717) is 0 Å². The highest BCUT2D eigenvalue weighted by atomic mass is 32.3. The molecule has 0 saturated carbocycles. The summed E-state index contributed by atoms with van der Waals surface area (Å²) in [5.74, 6) is 0. The molecule has 4 N–H and O–H groups in total. The van der Waals surface area contributed by atoms with Crippen molar-refractivity contribution in [1.29, 1.82) is 0 Å². The second-order valence-corrected chi connectivity index (χ2v) is 4.46. The molecule has 0 unspecified atom stereocenters. The number of hydrogen-bond donors (Lipinski definition) is 2. The maximum Gasteiger partial charge on any atom is 0.199 e. The largest absolute Gasteiger partial charge is 0.399 e. The Morgan fingerprint density at radius 1 is 1.00 bits per heavy atom. The second-order valence-electron chi connectivity index (χ2n) is 2.54. The van der Waals surface area contributed by atoms with E-state index in [1.807, 2.05) is 0 Å². The highest BCUT2D eigenvalue weighted by molar-refractivity contribution is 8.30. The van der Waals surface area contributed by atoms with Gasteiger partial charge in [-0.05, 0) is 18.2 Å². The molecular weight excluding hydrogens is 222 g/mol. The molecule has 0 heterocycles. The molecule has 0 bridgehead atoms. The van der Waals surface area contributed by atoms with Crippen molar-refractivity contribution in [2.24, 2.45) is 13.7 Å². The predicted molar refractivity (Wildman–Crippen MR) is 58.5 cm³/mol. The van der Waals surface area contributed by atoms with Gasteiger partial charge >= 0.3 is 0 Å². The number of hydrogen-bond acceptors (Lipinski definition) is 8. The van der Waals surface area contributed by atoms with Crippen LogP contribution in [-0.2, 0) is 0 Å². The molecule has 0 saturated heterocycles. The van der Waals surface area contributed by atoms with Crippen molar-refractivity contribution in [2.45, 2.75) is 4.90 Å². The van der Waals surface area contributed by atoms with Gasteiger partial charge in [0.15, 0.2) is 10.6 Å². The minimum atomic E-state index is -3.54. The third kappa shape index (κ3) is 1.76. The molecule has 0 aromatic heterocycles. The molecule has 1 aromatic rings. The number of anilines is 2. The van der Waals surface area contributed by atoms with Crippen LogP contribution >= 0.6 is 10.6 Å². The van der Waals surface area contributed by atoms with Crippen LogP contribution in [0.3, 0.4) is 0 Å². The maximum absolute atomic E-state index is 10.5. The van der Waals surface area contributed by atoms with Crippen LogP contribution in [0.5, 0.6) is 0 Å². The summed E-state index contributed by atoms with van der Waals surface area (Å²) in [4.78, 5) is 31.2. The van der Waals surface area contributed by atoms with Crippen LogP contribution in [0.2, 0.25) is 0 Å². The summed E-state index contributed by atoms with van der Waals surface area (Å²) < 4.78 is 7.10. The molecule has 1 rings (SSSR count). The van der Waals surface area contributed by atoms with Gasteiger partial charge in [-0.3, -0.25) is 0 Å². The summed E-state index contributed by atoms with van der Waals surface area (Å²) in [6.07, 6.45) is 0. The fraction of sp³-hybridized carbons (Fsp3) is 0. The Labute approximate surface area is 85.7 Å². The molecule has 0 aliphatic rings. The highest BCUT2D eigenvalue weighted by Gasteiger charge is 2.33. The SMILES string of the molecule is Nc1ccc(N)c(S(N=O)(N=O)N=O)c1. The van der Waals surface area contributed by atoms with Gasteiger partial charge in [0.1, 0.15) is 0 Å². The van der Waals surface area contributed by atoms with Crippen LogP contribution < -0.4 is 11.5 Å². The minimum absolute atomic E-state index is 0.0259. The number of nitrogens with zero attached hydrogens (tertiary/aromatic N) is 3. The molecule has 8 nitrogen and oxygen atoms in total. The van der Waals surface area contributed by atoms with E-state index in [1.54, 1.807) is 0 Å². The third-order valence-electron chi connectivity index (χ3n) is 1.64. The second kappa shape index (κ2) is 4.00. The monoisotopic (exact) mass is 229 g/mol. The Kier molecular flexibility index (Phi) is 2.95. The Morgan fingerprint density at radius 2 is 1.53 bits per heavy atom. The molecule has 0 aliphatic carbocycles. The van der Waals surface area contributed by atoms with Crippen molar-refractivity contribution in [3.63, 3.8) is 0 Å². The Morgan fingerprint density at radius 3 is 2.00 bits per heavy atom. The van der Waals surface area contributed by atoms with E-state index in [9.17, 15) is 14.7 Å². The van der Waals surface area contributed by atoms with E-state index in [-0.39, 0.29) is 16.3 Å². The van der Waals surface area contributed by atoms with Crippen LogP contribution in [0.4, 0.5) is 11.4 Å². The lowest BCUT2D eigenvalue weighted by molar-refractivity contribution is 1.37. The number of nitroso groups, excluding NO2 is 3. The number of nitrogens with two attached hydrogens (primary N) is 2. The molecule has 9 heteroatoms. The van der Waals surface area contributed by atoms with E-state index in [1.165, 1.54) is 18.2 Å². The van der Waals surface area contributed by atoms with Gasteiger partial charge in [-0.1, -0.05) is 0 Å². The minimum Gasteiger partial charge on any atom is -0.399 e. The Bertz CT molecular complexity index is 401. The average molecular weight is 229 g/mol. The number of benzene rings is 1. The first-order valence-electron chi connectivity index (χ1n) is 3.61. The molecule has 0 radical (unpaired) electrons. The molecule has 0 spiro atoms. The van der Waals surface area contributed by atoms with E-state index in [0.717, 1.165) is 0 Å². The molecule has 0 fully saturated rings. The molecular formula is C6H7N5O3S. The van der Waals surface area contributed by atoms with Gasteiger partial charge in [0.2, 0.25) is 0 Å². The fourth-order valence-electron chi connectivity index (χ4n) is 0.949. The van der Waals surface area contributed by atoms with Crippen molar-refractivity contribution in [3.05, 3.63) is 32.9 Å². The topological polar surface area (TPSA) is 140 Å². The van der Waals surface area contributed by atoms with Gasteiger partial charge in [-0.2, -0.15) is 0 Å². The van der Waals surface area contributed by atoms with Crippen molar-refractivity contribution in [2.75, 3.05) is 11.5 Å². The number of rotatable bonds is 4. The average Bonchev–Trinajstić information content (AvgIpc) is 2.26. The zero-order valence-electron chi connectivity index (χ0n) is 7.36. The maximum atomic E-state index is 10.5. The summed E-state index contributed by atoms with van der Waals surface area (Å²) in [7, 11) is -3.54. The van der Waals surface area contributed by atoms with Gasteiger partial charge in [0, 0.05) is 25.1 Å². The zero-order valence-corrected chi connectivity index (χ0v) is 8.18. The highest BCUT2D eigenvalue weighted by Crippen LogP contribution is 2.61. The van der Waals surface area contributed by atoms with Gasteiger partial charge in [-0.15, -0.1) is 14.7 Å². The van der Waals surface area contributed by atoms with E-state index >= 15 is 0 Å². The standard InChI is InChI=1S/C6H7N5O3S/c7-4-1-2-5(8)6(3-4)15(9-12,10-13)11-14/h1-3H,7-8H2. The summed E-state index contributed by atoms with van der Waals surface area (Å²) in [5.41, 5.74) is 11.1. The first-order chi connectivity index (χ1) is 7.09. The van der Waals surface area contributed by atoms with E-state index in [4.69, 9.17) is 11.5 Å². The van der Waals surface area contributed by atoms with Gasteiger partial charge in [0.25, 0.3) is 0 Å². The van der Waals surface area contributed by atoms with Gasteiger partial charge in [0.05, 0.1) is 4.90 Å². The molecule has 1 aromatic carbocycles. The van der Waals surface area contributed by atoms with Crippen molar-refractivity contribution in [1.82, 2.24) is 0 Å². The first-order valence-corrected chi connectivity index (χ1v) is 5.12. The summed E-state index contributed by atoms with van der Waals surface area (Å²) in [5, 5.41) is 0. The lowest BCUT2D eigenvalue weighted by Crippen LogP contribution is -1.98. The number of nitrogen functional groups attached to an aromatic ring is 2. The summed E-state index contributed by atoms with van der Waals surface area (Å²) in [6, 6.07) is 3.98. The fourth-order valence-corrected chi connectivity index (χ4v) is 1.95. The molecule has 15 heavy (non-hydrogen) atoms. The van der Waals surface area contributed by atoms with Crippen molar-refractivity contribution >= 4 is 22.0 Å². The van der Waals surface area contributed by atoms with Gasteiger partial charge < -0.3 is 11.5 Å². The molecule has 0 aliphatic heterocycles. The first kappa shape index (κ1) is 11.0. The van der Waals surface area contributed by atoms with Crippen LogP contribution in [0, 0.1) is 14.7 Å². The zero-order chi connectivity index (χ0) is 11.5. The Balaban J connectivity index is 3.46. The van der Waals surface area contributed by atoms with Crippen molar-refractivity contribution < 1.29 is 0 Å². The molecule has 0 amide bonds. The van der Waals surface area contributed by atoms with Crippen LogP contribution in [0.1, 0.15) is 0 Å². The Hall–Kier alpha value is -2.03. The third-order valence-corrected chi connectivity index (χ3v) is 3.21. The van der Waals surface area contributed by atoms with E-state index < -0.39 is 10.6 Å². The normalized spacial score (nSPS) is 11.7. The van der Waals surface area contributed by atoms with E-state index in [2.05, 4.69) is 13.7 Å². The lowest BCUT2D eigenvalue weighted by atomic mass is 10.3. The van der Waals surface area contributed by atoms with Crippen molar-refractivity contribution in [3.8, 4) is 0 Å². The molecule has 0 atom stereocenters. The quantitative estimate of drug-likeness (QED) is 0.600. The van der Waals surface area contributed by atoms with Crippen LogP contribution in [-0.4, -0.2) is 0 Å². The van der Waals surface area contributed by atoms with Crippen LogP contribution in [0.15, 0.2) is 36.8 Å². The smallest absolute Gasteiger partial charge is 0.199 e. The lowest BCUT2D eigenvalue weighted by Gasteiger charge is -2.16. The van der Waals surface area contributed by atoms with Crippen LogP contribution in [0.25, 0.3) is 0 Å².